The number of anilines is 2. The Morgan fingerprint density at radius 2 is 2.18 bits per heavy atom. The maximum Gasteiger partial charge on any atom is 0.224 e. The van der Waals surface area contributed by atoms with E-state index >= 15 is 0 Å². The van der Waals surface area contributed by atoms with Gasteiger partial charge in [0.15, 0.2) is 29.4 Å². The molecule has 1 saturated heterocycles. The smallest absolute Gasteiger partial charge is 0.224 e. The van der Waals surface area contributed by atoms with Gasteiger partial charge in [0, 0.05) is 14.1 Å². The van der Waals surface area contributed by atoms with Crippen molar-refractivity contribution in [3.05, 3.63) is 6.33 Å². The van der Waals surface area contributed by atoms with Crippen molar-refractivity contribution in [1.29, 1.82) is 0 Å². The Hall–Kier alpha value is -2.04. The molecule has 9 nitrogen and oxygen atoms in total. The van der Waals surface area contributed by atoms with Crippen molar-refractivity contribution in [3.63, 3.8) is 0 Å². The molecule has 0 unspecified atom stereocenters. The van der Waals surface area contributed by atoms with Crippen LogP contribution in [0.25, 0.3) is 11.2 Å². The Bertz CT molecular complexity index is 693. The number of nitrogens with two attached hydrogens (primary N) is 1. The van der Waals surface area contributed by atoms with Gasteiger partial charge in [-0.1, -0.05) is 0 Å². The van der Waals surface area contributed by atoms with Crippen LogP contribution in [-0.4, -0.2) is 68.8 Å². The van der Waals surface area contributed by atoms with Crippen molar-refractivity contribution in [2.24, 2.45) is 0 Å². The van der Waals surface area contributed by atoms with Crippen molar-refractivity contribution < 1.29 is 19.3 Å². The lowest BCUT2D eigenvalue weighted by Gasteiger charge is -2.16. The average Bonchev–Trinajstić information content (AvgIpc) is 3.00. The van der Waals surface area contributed by atoms with Crippen LogP contribution in [0.5, 0.6) is 0 Å². The maximum absolute atomic E-state index is 14.2. The molecule has 0 spiro atoms. The maximum atomic E-state index is 14.2. The number of aromatic nitrogens is 4. The van der Waals surface area contributed by atoms with E-state index in [0.29, 0.717) is 17.0 Å². The number of hydrogen-bond donors (Lipinski definition) is 3. The minimum Gasteiger partial charge on any atom is -0.394 e. The first-order chi connectivity index (χ1) is 10.4. The first-order valence-electron chi connectivity index (χ1n) is 6.70. The number of hydrogen-bond acceptors (Lipinski definition) is 8. The zero-order valence-electron chi connectivity index (χ0n) is 12.1. The summed E-state index contributed by atoms with van der Waals surface area (Å²) in [6.07, 6.45) is -3.91. The zero-order chi connectivity index (χ0) is 16.0. The summed E-state index contributed by atoms with van der Waals surface area (Å²) in [6.45, 7) is -0.481. The monoisotopic (exact) mass is 312 g/mol. The molecular weight excluding hydrogens is 295 g/mol. The molecule has 0 amide bonds. The van der Waals surface area contributed by atoms with Crippen LogP contribution in [0.1, 0.15) is 6.23 Å². The summed E-state index contributed by atoms with van der Waals surface area (Å²) in [6, 6.07) is 0. The molecular formula is C12H17FN6O3. The third kappa shape index (κ3) is 2.16. The SMILES string of the molecule is CN(C)c1nc(N)nc2c1ncn2[C@@H]1O[C@H](CO)[C@@H](O)[C@@H]1F. The second-order valence-electron chi connectivity index (χ2n) is 5.31. The predicted molar refractivity (Wildman–Crippen MR) is 76.0 cm³/mol. The lowest BCUT2D eigenvalue weighted by atomic mass is 10.1. The number of aliphatic hydroxyl groups is 2. The van der Waals surface area contributed by atoms with Crippen LogP contribution in [0.3, 0.4) is 0 Å². The van der Waals surface area contributed by atoms with E-state index in [1.54, 1.807) is 19.0 Å². The molecule has 0 aliphatic carbocycles. The summed E-state index contributed by atoms with van der Waals surface area (Å²) < 4.78 is 21.0. The molecule has 0 radical (unpaired) electrons. The molecule has 0 aromatic carbocycles. The molecule has 4 N–H and O–H groups in total. The average molecular weight is 312 g/mol. The summed E-state index contributed by atoms with van der Waals surface area (Å²) in [4.78, 5) is 14.1. The summed E-state index contributed by atoms with van der Waals surface area (Å²) in [5.41, 5.74) is 6.43. The number of nitrogens with zero attached hydrogens (tertiary/aromatic N) is 5. The topological polar surface area (TPSA) is 123 Å². The molecule has 0 saturated carbocycles. The standard InChI is InChI=1S/C12H17FN6O3/c1-18(2)9-7-10(17-12(14)16-9)19(4-15-7)11-6(13)8(21)5(3-20)22-11/h4-6,8,11,20-21H,3H2,1-2H3,(H2,14,16,17)/t5-,6+,8-,11-/m1/s1. The van der Waals surface area contributed by atoms with E-state index in [-0.39, 0.29) is 5.95 Å². The molecule has 1 aliphatic heterocycles. The molecule has 3 rings (SSSR count). The van der Waals surface area contributed by atoms with E-state index in [1.165, 1.54) is 10.9 Å². The van der Waals surface area contributed by atoms with Gasteiger partial charge in [0.25, 0.3) is 0 Å². The van der Waals surface area contributed by atoms with E-state index < -0.39 is 31.2 Å². The lowest BCUT2D eigenvalue weighted by Crippen LogP contribution is -2.30. The number of nitrogen functional groups attached to an aromatic ring is 1. The molecule has 2 aromatic rings. The summed E-state index contributed by atoms with van der Waals surface area (Å²) in [7, 11) is 3.55. The highest BCUT2D eigenvalue weighted by atomic mass is 19.1. The van der Waals surface area contributed by atoms with Crippen molar-refractivity contribution in [3.8, 4) is 0 Å². The van der Waals surface area contributed by atoms with Crippen LogP contribution in [0.15, 0.2) is 6.33 Å². The van der Waals surface area contributed by atoms with Crippen molar-refractivity contribution in [2.45, 2.75) is 24.6 Å². The lowest BCUT2D eigenvalue weighted by molar-refractivity contribution is -0.0459. The van der Waals surface area contributed by atoms with Crippen LogP contribution in [0, 0.1) is 0 Å². The number of rotatable bonds is 3. The second kappa shape index (κ2) is 5.30. The van der Waals surface area contributed by atoms with Gasteiger partial charge in [-0.3, -0.25) is 4.57 Å². The van der Waals surface area contributed by atoms with Crippen molar-refractivity contribution in [1.82, 2.24) is 19.5 Å². The van der Waals surface area contributed by atoms with Gasteiger partial charge < -0.3 is 25.6 Å². The number of halogens is 1. The second-order valence-corrected chi connectivity index (χ2v) is 5.31. The van der Waals surface area contributed by atoms with Crippen molar-refractivity contribution >= 4 is 22.9 Å². The van der Waals surface area contributed by atoms with Gasteiger partial charge in [-0.25, -0.2) is 9.37 Å². The molecule has 1 fully saturated rings. The Morgan fingerprint density at radius 1 is 1.45 bits per heavy atom. The van der Waals surface area contributed by atoms with E-state index in [4.69, 9.17) is 15.6 Å². The summed E-state index contributed by atoms with van der Waals surface area (Å²) in [5.74, 6) is 0.513. The number of alkyl halides is 1. The number of fused-ring (bicyclic) bond motifs is 1. The first kappa shape index (κ1) is 14.9. The van der Waals surface area contributed by atoms with E-state index in [1.807, 2.05) is 0 Å². The molecule has 1 aliphatic rings. The zero-order valence-corrected chi connectivity index (χ0v) is 12.1. The van der Waals surface area contributed by atoms with E-state index in [0.717, 1.165) is 0 Å². The number of imidazole rings is 1. The molecule has 10 heteroatoms. The van der Waals surface area contributed by atoms with Crippen LogP contribution < -0.4 is 10.6 Å². The van der Waals surface area contributed by atoms with E-state index in [9.17, 15) is 9.50 Å². The molecule has 2 aromatic heterocycles. The van der Waals surface area contributed by atoms with Crippen LogP contribution >= 0.6 is 0 Å². The first-order valence-corrected chi connectivity index (χ1v) is 6.70. The fourth-order valence-electron chi connectivity index (χ4n) is 2.49. The highest BCUT2D eigenvalue weighted by Gasteiger charge is 2.45. The fraction of sp³-hybridized carbons (Fsp3) is 0.583. The summed E-state index contributed by atoms with van der Waals surface area (Å²) in [5, 5.41) is 18.9. The van der Waals surface area contributed by atoms with Gasteiger partial charge in [-0.2, -0.15) is 9.97 Å². The normalized spacial score (nSPS) is 28.4. The summed E-state index contributed by atoms with van der Waals surface area (Å²) >= 11 is 0. The minimum absolute atomic E-state index is 0.0191. The van der Waals surface area contributed by atoms with Crippen LogP contribution in [0.2, 0.25) is 0 Å². The number of aliphatic hydroxyl groups excluding tert-OH is 2. The Balaban J connectivity index is 2.09. The Labute approximate surface area is 125 Å². The van der Waals surface area contributed by atoms with Crippen molar-refractivity contribution in [2.75, 3.05) is 31.3 Å². The number of ether oxygens (including phenoxy) is 1. The molecule has 0 bridgehead atoms. The van der Waals surface area contributed by atoms with Gasteiger partial charge >= 0.3 is 0 Å². The van der Waals surface area contributed by atoms with Gasteiger partial charge in [-0.15, -0.1) is 0 Å². The van der Waals surface area contributed by atoms with Crippen LogP contribution in [0.4, 0.5) is 16.2 Å². The highest BCUT2D eigenvalue weighted by molar-refractivity contribution is 5.84. The highest BCUT2D eigenvalue weighted by Crippen LogP contribution is 2.34. The minimum atomic E-state index is -1.71. The van der Waals surface area contributed by atoms with Gasteiger partial charge in [-0.05, 0) is 0 Å². The van der Waals surface area contributed by atoms with Gasteiger partial charge in [0.1, 0.15) is 12.2 Å². The Morgan fingerprint density at radius 3 is 2.77 bits per heavy atom. The third-order valence-electron chi connectivity index (χ3n) is 3.59. The van der Waals surface area contributed by atoms with Crippen LogP contribution in [-0.2, 0) is 4.74 Å². The van der Waals surface area contributed by atoms with Gasteiger partial charge in [0.05, 0.1) is 12.9 Å². The fourth-order valence-corrected chi connectivity index (χ4v) is 2.49. The Kier molecular flexibility index (Phi) is 3.59. The quantitative estimate of drug-likeness (QED) is 0.664. The van der Waals surface area contributed by atoms with Gasteiger partial charge in [0.2, 0.25) is 5.95 Å². The predicted octanol–water partition coefficient (Wildman–Crippen LogP) is -0.937. The molecule has 120 valence electrons. The molecule has 4 atom stereocenters. The third-order valence-corrected chi connectivity index (χ3v) is 3.59. The molecule has 22 heavy (non-hydrogen) atoms. The van der Waals surface area contributed by atoms with E-state index in [2.05, 4.69) is 15.0 Å². The molecule has 3 heterocycles. The largest absolute Gasteiger partial charge is 0.394 e.